The van der Waals surface area contributed by atoms with Gasteiger partial charge in [0.25, 0.3) is 0 Å². The predicted molar refractivity (Wildman–Crippen MR) is 69.7 cm³/mol. The van der Waals surface area contributed by atoms with E-state index in [1.807, 2.05) is 39.0 Å². The maximum absolute atomic E-state index is 10.3. The molecule has 4 nitrogen and oxygen atoms in total. The summed E-state index contributed by atoms with van der Waals surface area (Å²) in [5.74, 6) is 0.771. The molecule has 1 rings (SSSR count). The Labute approximate surface area is 108 Å². The van der Waals surface area contributed by atoms with Crippen molar-refractivity contribution in [3.05, 3.63) is 29.3 Å². The lowest BCUT2D eigenvalue weighted by atomic mass is 10.0. The molecular formula is C14H22O4. The molecule has 0 aliphatic rings. The summed E-state index contributed by atoms with van der Waals surface area (Å²) in [6.45, 7) is 6.67. The molecule has 0 radical (unpaired) electrons. The van der Waals surface area contributed by atoms with Crippen molar-refractivity contribution in [3.63, 3.8) is 0 Å². The highest BCUT2D eigenvalue weighted by atomic mass is 16.7. The largest absolute Gasteiger partial charge is 0.497 e. The molecule has 1 N–H and O–H groups in total. The number of hydrogen-bond acceptors (Lipinski definition) is 4. The van der Waals surface area contributed by atoms with Gasteiger partial charge >= 0.3 is 0 Å². The normalized spacial score (nSPS) is 12.8. The van der Waals surface area contributed by atoms with Crippen molar-refractivity contribution in [2.45, 2.75) is 33.2 Å². The number of aryl methyl sites for hydroxylation is 1. The molecule has 1 aromatic rings. The van der Waals surface area contributed by atoms with Crippen LogP contribution in [0.25, 0.3) is 0 Å². The zero-order valence-electron chi connectivity index (χ0n) is 11.5. The molecule has 0 aromatic heterocycles. The van der Waals surface area contributed by atoms with Crippen molar-refractivity contribution in [1.82, 2.24) is 0 Å². The van der Waals surface area contributed by atoms with Gasteiger partial charge in [0.15, 0.2) is 6.29 Å². The van der Waals surface area contributed by atoms with Crippen LogP contribution in [0.1, 0.15) is 31.1 Å². The first-order chi connectivity index (χ1) is 8.63. The second-order valence-electron chi connectivity index (χ2n) is 3.95. The number of methoxy groups -OCH3 is 1. The SMILES string of the molecule is CCOC(OCC)C(O)c1ccc(OC)cc1C. The number of aliphatic hydroxyl groups excluding tert-OH is 1. The Balaban J connectivity index is 2.89. The zero-order valence-corrected chi connectivity index (χ0v) is 11.5. The van der Waals surface area contributed by atoms with Gasteiger partial charge in [-0.05, 0) is 44.0 Å². The monoisotopic (exact) mass is 254 g/mol. The minimum atomic E-state index is -0.796. The second-order valence-corrected chi connectivity index (χ2v) is 3.95. The third kappa shape index (κ3) is 3.70. The van der Waals surface area contributed by atoms with Gasteiger partial charge in [-0.3, -0.25) is 0 Å². The first-order valence-electron chi connectivity index (χ1n) is 6.19. The van der Waals surface area contributed by atoms with Crippen LogP contribution in [-0.2, 0) is 9.47 Å². The van der Waals surface area contributed by atoms with Crippen molar-refractivity contribution in [1.29, 1.82) is 0 Å². The fourth-order valence-electron chi connectivity index (χ4n) is 1.81. The molecule has 4 heteroatoms. The van der Waals surface area contributed by atoms with Crippen LogP contribution in [0, 0.1) is 6.92 Å². The van der Waals surface area contributed by atoms with Crippen molar-refractivity contribution >= 4 is 0 Å². The fraction of sp³-hybridized carbons (Fsp3) is 0.571. The first kappa shape index (κ1) is 15.0. The van der Waals surface area contributed by atoms with Gasteiger partial charge in [-0.15, -0.1) is 0 Å². The molecule has 0 aliphatic carbocycles. The highest BCUT2D eigenvalue weighted by molar-refractivity contribution is 5.36. The molecule has 0 aliphatic heterocycles. The van der Waals surface area contributed by atoms with Gasteiger partial charge in [0.1, 0.15) is 11.9 Å². The zero-order chi connectivity index (χ0) is 13.5. The van der Waals surface area contributed by atoms with Gasteiger partial charge in [0, 0.05) is 13.2 Å². The second kappa shape index (κ2) is 7.36. The van der Waals surface area contributed by atoms with Crippen molar-refractivity contribution < 1.29 is 19.3 Å². The summed E-state index contributed by atoms with van der Waals surface area (Å²) in [6, 6.07) is 5.54. The number of ether oxygens (including phenoxy) is 3. The van der Waals surface area contributed by atoms with Gasteiger partial charge in [0.05, 0.1) is 7.11 Å². The van der Waals surface area contributed by atoms with E-state index in [2.05, 4.69) is 0 Å². The van der Waals surface area contributed by atoms with Crippen LogP contribution < -0.4 is 4.74 Å². The molecule has 0 amide bonds. The van der Waals surface area contributed by atoms with E-state index in [1.165, 1.54) is 0 Å². The molecule has 0 saturated carbocycles. The van der Waals surface area contributed by atoms with Crippen LogP contribution in [0.15, 0.2) is 18.2 Å². The van der Waals surface area contributed by atoms with E-state index in [0.717, 1.165) is 16.9 Å². The van der Waals surface area contributed by atoms with Gasteiger partial charge in [-0.2, -0.15) is 0 Å². The lowest BCUT2D eigenvalue weighted by molar-refractivity contribution is -0.191. The fourth-order valence-corrected chi connectivity index (χ4v) is 1.81. The Bertz CT molecular complexity index is 359. The molecule has 1 aromatic carbocycles. The lowest BCUT2D eigenvalue weighted by Crippen LogP contribution is -2.26. The average molecular weight is 254 g/mol. The lowest BCUT2D eigenvalue weighted by Gasteiger charge is -2.24. The van der Waals surface area contributed by atoms with Gasteiger partial charge in [-0.25, -0.2) is 0 Å². The highest BCUT2D eigenvalue weighted by Gasteiger charge is 2.23. The number of aliphatic hydroxyl groups is 1. The van der Waals surface area contributed by atoms with Crippen LogP contribution in [-0.4, -0.2) is 31.7 Å². The Kier molecular flexibility index (Phi) is 6.12. The van der Waals surface area contributed by atoms with Crippen molar-refractivity contribution in [2.24, 2.45) is 0 Å². The maximum Gasteiger partial charge on any atom is 0.187 e. The molecule has 0 heterocycles. The van der Waals surface area contributed by atoms with Crippen LogP contribution >= 0.6 is 0 Å². The third-order valence-corrected chi connectivity index (χ3v) is 2.72. The quantitative estimate of drug-likeness (QED) is 0.759. The van der Waals surface area contributed by atoms with E-state index < -0.39 is 12.4 Å². The van der Waals surface area contributed by atoms with Gasteiger partial charge < -0.3 is 19.3 Å². The summed E-state index contributed by atoms with van der Waals surface area (Å²) in [6.07, 6.45) is -1.43. The van der Waals surface area contributed by atoms with Crippen LogP contribution in [0.3, 0.4) is 0 Å². The van der Waals surface area contributed by atoms with E-state index >= 15 is 0 Å². The smallest absolute Gasteiger partial charge is 0.187 e. The molecule has 18 heavy (non-hydrogen) atoms. The van der Waals surface area contributed by atoms with E-state index in [9.17, 15) is 5.11 Å². The minimum absolute atomic E-state index is 0.497. The molecule has 102 valence electrons. The van der Waals surface area contributed by atoms with Crippen LogP contribution in [0.2, 0.25) is 0 Å². The third-order valence-electron chi connectivity index (χ3n) is 2.72. The summed E-state index contributed by atoms with van der Waals surface area (Å²) >= 11 is 0. The van der Waals surface area contributed by atoms with Gasteiger partial charge in [0.2, 0.25) is 0 Å². The standard InChI is InChI=1S/C14H22O4/c1-5-17-14(18-6-2)13(15)12-8-7-11(16-4)9-10(12)3/h7-9,13-15H,5-6H2,1-4H3. The summed E-state index contributed by atoms with van der Waals surface area (Å²) in [5, 5.41) is 10.3. The van der Waals surface area contributed by atoms with Crippen LogP contribution in [0.5, 0.6) is 5.75 Å². The topological polar surface area (TPSA) is 47.9 Å². The maximum atomic E-state index is 10.3. The molecule has 0 fully saturated rings. The molecular weight excluding hydrogens is 232 g/mol. The Morgan fingerprint density at radius 3 is 2.22 bits per heavy atom. The average Bonchev–Trinajstić information content (AvgIpc) is 2.37. The molecule has 0 spiro atoms. The first-order valence-corrected chi connectivity index (χ1v) is 6.19. The Morgan fingerprint density at radius 1 is 1.17 bits per heavy atom. The summed E-state index contributed by atoms with van der Waals surface area (Å²) in [4.78, 5) is 0. The Morgan fingerprint density at radius 2 is 1.78 bits per heavy atom. The van der Waals surface area contributed by atoms with E-state index in [0.29, 0.717) is 13.2 Å². The number of rotatable bonds is 7. The highest BCUT2D eigenvalue weighted by Crippen LogP contribution is 2.26. The Hall–Kier alpha value is -1.10. The molecule has 1 atom stereocenters. The van der Waals surface area contributed by atoms with Gasteiger partial charge in [-0.1, -0.05) is 6.07 Å². The van der Waals surface area contributed by atoms with E-state index in [-0.39, 0.29) is 0 Å². The molecule has 0 saturated heterocycles. The van der Waals surface area contributed by atoms with Crippen molar-refractivity contribution in [3.8, 4) is 5.75 Å². The number of benzene rings is 1. The summed E-state index contributed by atoms with van der Waals surface area (Å²) < 4.78 is 16.0. The predicted octanol–water partition coefficient (Wildman–Crippen LogP) is 2.44. The number of hydrogen-bond donors (Lipinski definition) is 1. The van der Waals surface area contributed by atoms with Crippen molar-refractivity contribution in [2.75, 3.05) is 20.3 Å². The minimum Gasteiger partial charge on any atom is -0.497 e. The summed E-state index contributed by atoms with van der Waals surface area (Å²) in [7, 11) is 1.62. The molecule has 0 bridgehead atoms. The summed E-state index contributed by atoms with van der Waals surface area (Å²) in [5.41, 5.74) is 1.74. The van der Waals surface area contributed by atoms with Crippen LogP contribution in [0.4, 0.5) is 0 Å². The van der Waals surface area contributed by atoms with E-state index in [1.54, 1.807) is 7.11 Å². The molecule has 1 unspecified atom stereocenters. The van der Waals surface area contributed by atoms with E-state index in [4.69, 9.17) is 14.2 Å².